The van der Waals surface area contributed by atoms with Crippen LogP contribution in [0.2, 0.25) is 0 Å². The molecule has 4 heterocycles. The SMILES string of the molecule is Cc1cc2cc(CN(Cc3cccnc3)C(c3nnnn3Cc3ccco3)C(C)C)c(=O)[nH]c2cc1C. The van der Waals surface area contributed by atoms with Gasteiger partial charge in [0, 0.05) is 36.6 Å². The molecule has 0 spiro atoms. The van der Waals surface area contributed by atoms with Crippen LogP contribution in [0.4, 0.5) is 0 Å². The number of hydrogen-bond donors (Lipinski definition) is 1. The lowest BCUT2D eigenvalue weighted by Crippen LogP contribution is -2.35. The first-order chi connectivity index (χ1) is 17.9. The molecule has 190 valence electrons. The number of H-pyrrole nitrogens is 1. The maximum Gasteiger partial charge on any atom is 0.252 e. The van der Waals surface area contributed by atoms with Crippen molar-refractivity contribution in [3.05, 3.63) is 105 Å². The second kappa shape index (κ2) is 10.5. The van der Waals surface area contributed by atoms with Crippen LogP contribution >= 0.6 is 0 Å². The fourth-order valence-corrected chi connectivity index (χ4v) is 4.81. The van der Waals surface area contributed by atoms with Gasteiger partial charge in [-0.25, -0.2) is 4.68 Å². The van der Waals surface area contributed by atoms with Gasteiger partial charge in [-0.05, 0) is 88.7 Å². The molecule has 0 aliphatic heterocycles. The van der Waals surface area contributed by atoms with Gasteiger partial charge in [0.1, 0.15) is 12.3 Å². The summed E-state index contributed by atoms with van der Waals surface area (Å²) < 4.78 is 7.32. The Morgan fingerprint density at radius 3 is 2.65 bits per heavy atom. The highest BCUT2D eigenvalue weighted by Crippen LogP contribution is 2.30. The summed E-state index contributed by atoms with van der Waals surface area (Å²) >= 11 is 0. The number of rotatable bonds is 9. The maximum absolute atomic E-state index is 13.2. The highest BCUT2D eigenvalue weighted by Gasteiger charge is 2.30. The van der Waals surface area contributed by atoms with E-state index < -0.39 is 0 Å². The Morgan fingerprint density at radius 2 is 1.92 bits per heavy atom. The van der Waals surface area contributed by atoms with Crippen LogP contribution in [0.15, 0.2) is 70.3 Å². The molecule has 1 atom stereocenters. The predicted molar refractivity (Wildman–Crippen MR) is 141 cm³/mol. The second-order valence-corrected chi connectivity index (χ2v) is 9.88. The average Bonchev–Trinajstić information content (AvgIpc) is 3.54. The van der Waals surface area contributed by atoms with Crippen molar-refractivity contribution in [1.29, 1.82) is 0 Å². The summed E-state index contributed by atoms with van der Waals surface area (Å²) in [6.07, 6.45) is 5.26. The van der Waals surface area contributed by atoms with Gasteiger partial charge in [0.15, 0.2) is 5.82 Å². The van der Waals surface area contributed by atoms with Crippen LogP contribution in [0.25, 0.3) is 10.9 Å². The number of aromatic amines is 1. The molecule has 1 N–H and O–H groups in total. The standard InChI is InChI=1S/C28H31N7O2/c1-18(2)26(27-31-32-33-35(27)17-24-8-6-10-37-24)34(15-21-7-5-9-29-14-21)16-23-13-22-11-19(3)20(4)12-25(22)30-28(23)36/h5-14,18,26H,15-17H2,1-4H3,(H,30,36). The summed E-state index contributed by atoms with van der Waals surface area (Å²) in [5.41, 5.74) is 4.83. The average molecular weight is 498 g/mol. The van der Waals surface area contributed by atoms with E-state index in [2.05, 4.69) is 64.2 Å². The molecule has 5 rings (SSSR count). The lowest BCUT2D eigenvalue weighted by Gasteiger charge is -2.33. The second-order valence-electron chi connectivity index (χ2n) is 9.88. The Hall–Kier alpha value is -4.11. The largest absolute Gasteiger partial charge is 0.467 e. The summed E-state index contributed by atoms with van der Waals surface area (Å²) in [6, 6.07) is 13.7. The summed E-state index contributed by atoms with van der Waals surface area (Å²) in [5, 5.41) is 13.7. The number of aromatic nitrogens is 6. The number of furan rings is 1. The smallest absolute Gasteiger partial charge is 0.252 e. The highest BCUT2D eigenvalue weighted by atomic mass is 16.3. The van der Waals surface area contributed by atoms with Gasteiger partial charge in [0.2, 0.25) is 0 Å². The molecule has 37 heavy (non-hydrogen) atoms. The molecule has 0 aliphatic carbocycles. The molecule has 9 heteroatoms. The molecule has 9 nitrogen and oxygen atoms in total. The fourth-order valence-electron chi connectivity index (χ4n) is 4.81. The summed E-state index contributed by atoms with van der Waals surface area (Å²) in [7, 11) is 0. The zero-order valence-corrected chi connectivity index (χ0v) is 21.5. The molecule has 4 aromatic heterocycles. The number of aryl methyl sites for hydroxylation is 2. The molecule has 0 bridgehead atoms. The maximum atomic E-state index is 13.2. The van der Waals surface area contributed by atoms with E-state index >= 15 is 0 Å². The lowest BCUT2D eigenvalue weighted by atomic mass is 9.99. The van der Waals surface area contributed by atoms with Gasteiger partial charge in [-0.2, -0.15) is 0 Å². The summed E-state index contributed by atoms with van der Waals surface area (Å²) in [4.78, 5) is 22.9. The van der Waals surface area contributed by atoms with Crippen LogP contribution in [-0.2, 0) is 19.6 Å². The third kappa shape index (κ3) is 5.36. The number of nitrogens with one attached hydrogen (secondary N) is 1. The molecule has 0 saturated carbocycles. The van der Waals surface area contributed by atoms with Crippen molar-refractivity contribution in [2.45, 2.75) is 53.4 Å². The van der Waals surface area contributed by atoms with Crippen LogP contribution in [0.5, 0.6) is 0 Å². The Kier molecular flexibility index (Phi) is 6.96. The van der Waals surface area contributed by atoms with Gasteiger partial charge in [0.25, 0.3) is 5.56 Å². The van der Waals surface area contributed by atoms with Crippen molar-refractivity contribution < 1.29 is 4.42 Å². The van der Waals surface area contributed by atoms with E-state index in [-0.39, 0.29) is 17.5 Å². The normalized spacial score (nSPS) is 12.6. The first-order valence-electron chi connectivity index (χ1n) is 12.4. The number of tetrazole rings is 1. The minimum Gasteiger partial charge on any atom is -0.467 e. The van der Waals surface area contributed by atoms with E-state index in [4.69, 9.17) is 4.42 Å². The number of nitrogens with zero attached hydrogens (tertiary/aromatic N) is 6. The van der Waals surface area contributed by atoms with Gasteiger partial charge < -0.3 is 9.40 Å². The molecule has 1 aromatic carbocycles. The topological polar surface area (TPSA) is 106 Å². The van der Waals surface area contributed by atoms with Crippen molar-refractivity contribution in [3.63, 3.8) is 0 Å². The van der Waals surface area contributed by atoms with Crippen molar-refractivity contribution in [2.24, 2.45) is 5.92 Å². The zero-order valence-electron chi connectivity index (χ0n) is 21.5. The Morgan fingerprint density at radius 1 is 1.08 bits per heavy atom. The molecule has 0 fully saturated rings. The monoisotopic (exact) mass is 497 g/mol. The first kappa shape index (κ1) is 24.6. The van der Waals surface area contributed by atoms with Crippen LogP contribution in [0.1, 0.15) is 53.7 Å². The highest BCUT2D eigenvalue weighted by molar-refractivity contribution is 5.80. The fraction of sp³-hybridized carbons (Fsp3) is 0.321. The van der Waals surface area contributed by atoms with Crippen molar-refractivity contribution in [3.8, 4) is 0 Å². The number of benzene rings is 1. The van der Waals surface area contributed by atoms with E-state index in [1.807, 2.05) is 42.6 Å². The van der Waals surface area contributed by atoms with Gasteiger partial charge in [-0.3, -0.25) is 14.7 Å². The third-order valence-corrected chi connectivity index (χ3v) is 6.75. The summed E-state index contributed by atoms with van der Waals surface area (Å²) in [5.74, 6) is 1.65. The van der Waals surface area contributed by atoms with Crippen molar-refractivity contribution in [2.75, 3.05) is 0 Å². The van der Waals surface area contributed by atoms with E-state index in [0.29, 0.717) is 25.2 Å². The molecule has 0 amide bonds. The molecule has 1 unspecified atom stereocenters. The van der Waals surface area contributed by atoms with Crippen LogP contribution in [0, 0.1) is 19.8 Å². The van der Waals surface area contributed by atoms with E-state index in [1.165, 1.54) is 5.56 Å². The molecular formula is C28H31N7O2. The van der Waals surface area contributed by atoms with Crippen LogP contribution in [0.3, 0.4) is 0 Å². The van der Waals surface area contributed by atoms with Gasteiger partial charge >= 0.3 is 0 Å². The molecular weight excluding hydrogens is 466 g/mol. The molecule has 0 radical (unpaired) electrons. The molecule has 0 saturated heterocycles. The zero-order chi connectivity index (χ0) is 25.9. The number of pyridine rings is 2. The Balaban J connectivity index is 1.56. The quantitative estimate of drug-likeness (QED) is 0.318. The molecule has 5 aromatic rings. The van der Waals surface area contributed by atoms with Gasteiger partial charge in [0.05, 0.1) is 12.3 Å². The first-order valence-corrected chi connectivity index (χ1v) is 12.4. The number of fused-ring (bicyclic) bond motifs is 1. The minimum absolute atomic E-state index is 0.0929. The molecule has 0 aliphatic rings. The van der Waals surface area contributed by atoms with Crippen LogP contribution in [-0.4, -0.2) is 35.1 Å². The number of hydrogen-bond acceptors (Lipinski definition) is 7. The third-order valence-electron chi connectivity index (χ3n) is 6.75. The summed E-state index contributed by atoms with van der Waals surface area (Å²) in [6.45, 7) is 9.85. The van der Waals surface area contributed by atoms with Crippen LogP contribution < -0.4 is 5.56 Å². The van der Waals surface area contributed by atoms with Gasteiger partial charge in [-0.1, -0.05) is 19.9 Å². The predicted octanol–water partition coefficient (Wildman–Crippen LogP) is 4.57. The van der Waals surface area contributed by atoms with Crippen molar-refractivity contribution in [1.82, 2.24) is 35.1 Å². The Bertz CT molecular complexity index is 1540. The minimum atomic E-state index is -0.167. The Labute approximate surface area is 215 Å². The van der Waals surface area contributed by atoms with Gasteiger partial charge in [-0.15, -0.1) is 5.10 Å². The lowest BCUT2D eigenvalue weighted by molar-refractivity contribution is 0.125. The van der Waals surface area contributed by atoms with E-state index in [0.717, 1.165) is 33.6 Å². The van der Waals surface area contributed by atoms with E-state index in [1.54, 1.807) is 17.1 Å². The van der Waals surface area contributed by atoms with Crippen molar-refractivity contribution >= 4 is 10.9 Å². The van der Waals surface area contributed by atoms with E-state index in [9.17, 15) is 4.79 Å².